The second kappa shape index (κ2) is 3.47. The van der Waals surface area contributed by atoms with Crippen LogP contribution in [0.4, 0.5) is 0 Å². The minimum atomic E-state index is 0.374. The number of rotatable bonds is 0. The summed E-state index contributed by atoms with van der Waals surface area (Å²) in [5.74, 6) is 13.1. The molecule has 0 aromatic carbocycles. The number of fused-ring (bicyclic) bond motifs is 3. The minimum absolute atomic E-state index is 0.374. The average molecular weight is 172 g/mol. The molecule has 2 bridgehead atoms. The summed E-state index contributed by atoms with van der Waals surface area (Å²) in [5.41, 5.74) is 0.374. The molecule has 68 valence electrons. The van der Waals surface area contributed by atoms with Gasteiger partial charge in [0.1, 0.15) is 0 Å². The fraction of sp³-hybridized carbons (Fsp3) is 0.692. The van der Waals surface area contributed by atoms with Gasteiger partial charge in [-0.25, -0.2) is 0 Å². The molecule has 0 aliphatic heterocycles. The molecule has 0 radical (unpaired) electrons. The SMILES string of the molecule is CC#CC#CC12CCC(CC1)CC2. The normalized spacial score (nSPS) is 35.6. The van der Waals surface area contributed by atoms with Gasteiger partial charge in [0.05, 0.1) is 0 Å². The van der Waals surface area contributed by atoms with E-state index in [0.717, 1.165) is 5.92 Å². The maximum atomic E-state index is 3.40. The van der Waals surface area contributed by atoms with Crippen molar-refractivity contribution in [1.82, 2.24) is 0 Å². The molecule has 13 heavy (non-hydrogen) atoms. The molecular formula is C13H16. The molecule has 3 saturated carbocycles. The summed E-state index contributed by atoms with van der Waals surface area (Å²) in [6.07, 6.45) is 8.22. The molecule has 0 heteroatoms. The predicted molar refractivity (Wildman–Crippen MR) is 54.9 cm³/mol. The Labute approximate surface area is 81.1 Å². The first-order valence-electron chi connectivity index (χ1n) is 5.29. The standard InChI is InChI=1S/C13H16/c1-2-3-4-8-13-9-5-12(6-10-13)7-11-13/h12H,5-7,9-11H2,1H3. The largest absolute Gasteiger partial charge is 0.0925 e. The van der Waals surface area contributed by atoms with Gasteiger partial charge in [0.15, 0.2) is 0 Å². The van der Waals surface area contributed by atoms with Crippen molar-refractivity contribution in [3.8, 4) is 23.7 Å². The van der Waals surface area contributed by atoms with Crippen molar-refractivity contribution < 1.29 is 0 Å². The molecule has 0 N–H and O–H groups in total. The fourth-order valence-electron chi connectivity index (χ4n) is 2.66. The summed E-state index contributed by atoms with van der Waals surface area (Å²) < 4.78 is 0. The topological polar surface area (TPSA) is 0 Å². The molecule has 0 aromatic heterocycles. The molecular weight excluding hydrogens is 156 g/mol. The van der Waals surface area contributed by atoms with Crippen molar-refractivity contribution in [2.75, 3.05) is 0 Å². The molecule has 0 unspecified atom stereocenters. The van der Waals surface area contributed by atoms with Gasteiger partial charge < -0.3 is 0 Å². The second-order valence-electron chi connectivity index (χ2n) is 4.39. The Morgan fingerprint density at radius 2 is 1.62 bits per heavy atom. The highest BCUT2D eigenvalue weighted by Crippen LogP contribution is 2.49. The predicted octanol–water partition coefficient (Wildman–Crippen LogP) is 2.98. The molecule has 3 aliphatic carbocycles. The van der Waals surface area contributed by atoms with Gasteiger partial charge in [-0.15, -0.1) is 0 Å². The van der Waals surface area contributed by atoms with E-state index in [1.807, 2.05) is 6.92 Å². The van der Waals surface area contributed by atoms with Crippen LogP contribution in [0.3, 0.4) is 0 Å². The lowest BCUT2D eigenvalue weighted by atomic mass is 9.61. The van der Waals surface area contributed by atoms with Gasteiger partial charge >= 0.3 is 0 Å². The first-order valence-corrected chi connectivity index (χ1v) is 5.29. The highest BCUT2D eigenvalue weighted by atomic mass is 14.4. The molecule has 3 fully saturated rings. The molecule has 0 aromatic rings. The molecule has 0 atom stereocenters. The van der Waals surface area contributed by atoms with E-state index < -0.39 is 0 Å². The van der Waals surface area contributed by atoms with Gasteiger partial charge in [0.2, 0.25) is 0 Å². The van der Waals surface area contributed by atoms with Gasteiger partial charge in [-0.2, -0.15) is 0 Å². The van der Waals surface area contributed by atoms with Crippen LogP contribution in [-0.2, 0) is 0 Å². The van der Waals surface area contributed by atoms with Crippen molar-refractivity contribution in [3.05, 3.63) is 0 Å². The van der Waals surface area contributed by atoms with Gasteiger partial charge in [-0.05, 0) is 63.2 Å². The first kappa shape index (κ1) is 8.71. The summed E-state index contributed by atoms with van der Waals surface area (Å²) in [6, 6.07) is 0. The van der Waals surface area contributed by atoms with Crippen molar-refractivity contribution in [3.63, 3.8) is 0 Å². The van der Waals surface area contributed by atoms with Crippen LogP contribution in [0, 0.1) is 35.0 Å². The van der Waals surface area contributed by atoms with Crippen LogP contribution in [0.2, 0.25) is 0 Å². The summed E-state index contributed by atoms with van der Waals surface area (Å²) in [6.45, 7) is 1.85. The Kier molecular flexibility index (Phi) is 2.32. The van der Waals surface area contributed by atoms with E-state index in [4.69, 9.17) is 0 Å². The third-order valence-corrected chi connectivity index (χ3v) is 3.61. The molecule has 3 aliphatic rings. The van der Waals surface area contributed by atoms with Crippen LogP contribution < -0.4 is 0 Å². The van der Waals surface area contributed by atoms with E-state index >= 15 is 0 Å². The third-order valence-electron chi connectivity index (χ3n) is 3.61. The summed E-state index contributed by atoms with van der Waals surface area (Å²) >= 11 is 0. The molecule has 0 nitrogen and oxygen atoms in total. The maximum Gasteiger partial charge on any atom is 0.0325 e. The first-order chi connectivity index (χ1) is 6.35. The number of hydrogen-bond acceptors (Lipinski definition) is 0. The maximum absolute atomic E-state index is 3.40. The smallest absolute Gasteiger partial charge is 0.0325 e. The van der Waals surface area contributed by atoms with E-state index in [9.17, 15) is 0 Å². The van der Waals surface area contributed by atoms with Crippen LogP contribution >= 0.6 is 0 Å². The Morgan fingerprint density at radius 1 is 1.00 bits per heavy atom. The lowest BCUT2D eigenvalue weighted by molar-refractivity contribution is 0.119. The van der Waals surface area contributed by atoms with E-state index in [0.29, 0.717) is 5.41 Å². The molecule has 3 rings (SSSR count). The van der Waals surface area contributed by atoms with E-state index in [1.165, 1.54) is 38.5 Å². The van der Waals surface area contributed by atoms with E-state index in [-0.39, 0.29) is 0 Å². The highest BCUT2D eigenvalue weighted by molar-refractivity contribution is 5.29. The molecule has 0 amide bonds. The van der Waals surface area contributed by atoms with Crippen molar-refractivity contribution >= 4 is 0 Å². The van der Waals surface area contributed by atoms with Crippen LogP contribution in [0.5, 0.6) is 0 Å². The fourth-order valence-corrected chi connectivity index (χ4v) is 2.66. The molecule has 0 heterocycles. The van der Waals surface area contributed by atoms with Crippen LogP contribution in [0.1, 0.15) is 45.4 Å². The van der Waals surface area contributed by atoms with E-state index in [1.54, 1.807) is 0 Å². The number of hydrogen-bond donors (Lipinski definition) is 0. The quantitative estimate of drug-likeness (QED) is 0.493. The zero-order chi connectivity index (χ0) is 9.15. The average Bonchev–Trinajstić information content (AvgIpc) is 2.21. The Balaban J connectivity index is 2.10. The summed E-state index contributed by atoms with van der Waals surface area (Å²) in [4.78, 5) is 0. The van der Waals surface area contributed by atoms with Crippen molar-refractivity contribution in [2.24, 2.45) is 11.3 Å². The highest BCUT2D eigenvalue weighted by Gasteiger charge is 2.38. The zero-order valence-electron chi connectivity index (χ0n) is 8.32. The van der Waals surface area contributed by atoms with Gasteiger partial charge in [0.25, 0.3) is 0 Å². The minimum Gasteiger partial charge on any atom is -0.0925 e. The van der Waals surface area contributed by atoms with Gasteiger partial charge in [-0.1, -0.05) is 11.8 Å². The molecule has 0 saturated heterocycles. The van der Waals surface area contributed by atoms with Crippen LogP contribution in [0.25, 0.3) is 0 Å². The van der Waals surface area contributed by atoms with Crippen LogP contribution in [-0.4, -0.2) is 0 Å². The van der Waals surface area contributed by atoms with Crippen molar-refractivity contribution in [2.45, 2.75) is 45.4 Å². The summed E-state index contributed by atoms with van der Waals surface area (Å²) in [7, 11) is 0. The lowest BCUT2D eigenvalue weighted by Gasteiger charge is -2.43. The van der Waals surface area contributed by atoms with Crippen molar-refractivity contribution in [1.29, 1.82) is 0 Å². The third kappa shape index (κ3) is 1.73. The Hall–Kier alpha value is -0.880. The Bertz CT molecular complexity index is 281. The molecule has 0 spiro atoms. The summed E-state index contributed by atoms with van der Waals surface area (Å²) in [5, 5.41) is 0. The van der Waals surface area contributed by atoms with Gasteiger partial charge in [0, 0.05) is 5.41 Å². The van der Waals surface area contributed by atoms with E-state index in [2.05, 4.69) is 23.7 Å². The zero-order valence-corrected chi connectivity index (χ0v) is 8.32. The lowest BCUT2D eigenvalue weighted by Crippen LogP contribution is -2.32. The van der Waals surface area contributed by atoms with Crippen LogP contribution in [0.15, 0.2) is 0 Å². The second-order valence-corrected chi connectivity index (χ2v) is 4.39. The monoisotopic (exact) mass is 172 g/mol. The Morgan fingerprint density at radius 3 is 2.15 bits per heavy atom. The van der Waals surface area contributed by atoms with Gasteiger partial charge in [-0.3, -0.25) is 0 Å².